The van der Waals surface area contributed by atoms with Crippen molar-refractivity contribution >= 4 is 0 Å². The van der Waals surface area contributed by atoms with Crippen molar-refractivity contribution in [2.75, 3.05) is 27.3 Å². The molecule has 0 aromatic heterocycles. The Hall–Kier alpha value is -2.00. The third-order valence-corrected chi connectivity index (χ3v) is 5.90. The van der Waals surface area contributed by atoms with Gasteiger partial charge in [-0.15, -0.1) is 0 Å². The number of para-hydroxylation sites is 1. The van der Waals surface area contributed by atoms with Gasteiger partial charge in [-0.25, -0.2) is 0 Å². The van der Waals surface area contributed by atoms with Crippen molar-refractivity contribution in [1.82, 2.24) is 4.90 Å². The number of aryl methyl sites for hydroxylation is 2. The van der Waals surface area contributed by atoms with E-state index in [1.54, 1.807) is 7.11 Å². The van der Waals surface area contributed by atoms with Crippen LogP contribution in [0.15, 0.2) is 48.5 Å². The highest BCUT2D eigenvalue weighted by Gasteiger charge is 2.18. The Balaban J connectivity index is 1.43. The number of likely N-dealkylation sites (tertiary alicyclic amines) is 1. The minimum atomic E-state index is 0.684. The fraction of sp³-hybridized carbons (Fsp3) is 0.520. The summed E-state index contributed by atoms with van der Waals surface area (Å²) in [4.78, 5) is 2.50. The summed E-state index contributed by atoms with van der Waals surface area (Å²) in [5.41, 5.74) is 2.69. The minimum absolute atomic E-state index is 0.684. The van der Waals surface area contributed by atoms with E-state index in [0.29, 0.717) is 6.04 Å². The van der Waals surface area contributed by atoms with Crippen LogP contribution in [-0.2, 0) is 12.8 Å². The predicted molar refractivity (Wildman–Crippen MR) is 116 cm³/mol. The van der Waals surface area contributed by atoms with Gasteiger partial charge in [0.2, 0.25) is 0 Å². The molecule has 1 atom stereocenters. The molecule has 1 heterocycles. The summed E-state index contributed by atoms with van der Waals surface area (Å²) >= 11 is 0. The Morgan fingerprint density at radius 3 is 2.71 bits per heavy atom. The largest absolute Gasteiger partial charge is 0.497 e. The molecule has 1 saturated heterocycles. The van der Waals surface area contributed by atoms with E-state index in [-0.39, 0.29) is 0 Å². The standard InChI is InChI=1S/C25H35NO2/c1-26-18-8-7-14-23(26)17-19-28-25-16-6-5-13-22(25)12-4-3-10-21-11-9-15-24(20-21)27-2/h5-6,9,11,13,15-16,20,23H,3-4,7-8,10,12,14,17-19H2,1-2H3. The molecule has 3 nitrogen and oxygen atoms in total. The summed E-state index contributed by atoms with van der Waals surface area (Å²) in [6.45, 7) is 2.05. The molecule has 28 heavy (non-hydrogen) atoms. The zero-order valence-corrected chi connectivity index (χ0v) is 17.5. The average Bonchev–Trinajstić information content (AvgIpc) is 2.73. The lowest BCUT2D eigenvalue weighted by atomic mass is 10.0. The quantitative estimate of drug-likeness (QED) is 0.506. The zero-order valence-electron chi connectivity index (χ0n) is 17.5. The number of unbranched alkanes of at least 4 members (excludes halogenated alkanes) is 1. The van der Waals surface area contributed by atoms with Crippen LogP contribution in [0.25, 0.3) is 0 Å². The first-order valence-electron chi connectivity index (χ1n) is 10.8. The highest BCUT2D eigenvalue weighted by Crippen LogP contribution is 2.23. The molecule has 3 heteroatoms. The zero-order chi connectivity index (χ0) is 19.6. The molecule has 0 spiro atoms. The molecule has 1 fully saturated rings. The fourth-order valence-electron chi connectivity index (χ4n) is 4.14. The number of hydrogen-bond donors (Lipinski definition) is 0. The molecule has 3 rings (SSSR count). The summed E-state index contributed by atoms with van der Waals surface area (Å²) in [6, 6.07) is 17.6. The maximum Gasteiger partial charge on any atom is 0.122 e. The van der Waals surface area contributed by atoms with Crippen molar-refractivity contribution in [3.8, 4) is 11.5 Å². The van der Waals surface area contributed by atoms with Crippen LogP contribution in [0.3, 0.4) is 0 Å². The van der Waals surface area contributed by atoms with Gasteiger partial charge in [-0.3, -0.25) is 0 Å². The van der Waals surface area contributed by atoms with Crippen LogP contribution >= 0.6 is 0 Å². The Labute approximate surface area is 170 Å². The van der Waals surface area contributed by atoms with E-state index in [1.165, 1.54) is 49.8 Å². The van der Waals surface area contributed by atoms with E-state index in [1.807, 2.05) is 6.07 Å². The van der Waals surface area contributed by atoms with Gasteiger partial charge in [0.05, 0.1) is 13.7 Å². The maximum atomic E-state index is 6.19. The van der Waals surface area contributed by atoms with E-state index >= 15 is 0 Å². The number of nitrogens with zero attached hydrogens (tertiary/aromatic N) is 1. The van der Waals surface area contributed by atoms with Crippen LogP contribution in [0.5, 0.6) is 11.5 Å². The lowest BCUT2D eigenvalue weighted by molar-refractivity contribution is 0.153. The summed E-state index contributed by atoms with van der Waals surface area (Å²) in [6.07, 6.45) is 9.65. The highest BCUT2D eigenvalue weighted by molar-refractivity contribution is 5.33. The van der Waals surface area contributed by atoms with Gasteiger partial charge in [0.1, 0.15) is 11.5 Å². The van der Waals surface area contributed by atoms with Gasteiger partial charge in [0.15, 0.2) is 0 Å². The third kappa shape index (κ3) is 6.27. The van der Waals surface area contributed by atoms with Gasteiger partial charge in [0, 0.05) is 6.04 Å². The second-order valence-electron chi connectivity index (χ2n) is 7.93. The molecular weight excluding hydrogens is 346 g/mol. The summed E-state index contributed by atoms with van der Waals surface area (Å²) in [5.74, 6) is 2.02. The number of rotatable bonds is 10. The van der Waals surface area contributed by atoms with Gasteiger partial charge in [0.25, 0.3) is 0 Å². The van der Waals surface area contributed by atoms with E-state index in [2.05, 4.69) is 54.4 Å². The molecule has 0 radical (unpaired) electrons. The monoisotopic (exact) mass is 381 g/mol. The lowest BCUT2D eigenvalue weighted by Crippen LogP contribution is -2.37. The van der Waals surface area contributed by atoms with Crippen molar-refractivity contribution in [3.05, 3.63) is 59.7 Å². The Bertz CT molecular complexity index is 715. The molecular formula is C25H35NO2. The van der Waals surface area contributed by atoms with Crippen molar-refractivity contribution < 1.29 is 9.47 Å². The second kappa shape index (κ2) is 11.1. The van der Waals surface area contributed by atoms with Crippen LogP contribution in [0.1, 0.15) is 49.7 Å². The fourth-order valence-corrected chi connectivity index (χ4v) is 4.14. The molecule has 1 unspecified atom stereocenters. The average molecular weight is 382 g/mol. The van der Waals surface area contributed by atoms with Crippen molar-refractivity contribution in [2.24, 2.45) is 0 Å². The number of hydrogen-bond acceptors (Lipinski definition) is 3. The summed E-state index contributed by atoms with van der Waals surface area (Å²) < 4.78 is 11.5. The van der Waals surface area contributed by atoms with Crippen LogP contribution in [0.2, 0.25) is 0 Å². The molecule has 0 aliphatic carbocycles. The normalized spacial score (nSPS) is 17.4. The molecule has 2 aromatic carbocycles. The first kappa shape index (κ1) is 20.7. The van der Waals surface area contributed by atoms with Gasteiger partial charge in [-0.1, -0.05) is 36.8 Å². The molecule has 2 aromatic rings. The van der Waals surface area contributed by atoms with Crippen molar-refractivity contribution in [1.29, 1.82) is 0 Å². The molecule has 0 bridgehead atoms. The number of benzene rings is 2. The van der Waals surface area contributed by atoms with Crippen molar-refractivity contribution in [2.45, 2.75) is 57.4 Å². The van der Waals surface area contributed by atoms with Gasteiger partial charge < -0.3 is 14.4 Å². The molecule has 0 N–H and O–H groups in total. The molecule has 152 valence electrons. The number of piperidine rings is 1. The predicted octanol–water partition coefficient (Wildman–Crippen LogP) is 5.51. The van der Waals surface area contributed by atoms with Crippen LogP contribution in [-0.4, -0.2) is 38.3 Å². The molecule has 1 aliphatic rings. The first-order chi connectivity index (χ1) is 13.8. The van der Waals surface area contributed by atoms with Crippen molar-refractivity contribution in [3.63, 3.8) is 0 Å². The topological polar surface area (TPSA) is 21.7 Å². The number of ether oxygens (including phenoxy) is 2. The van der Waals surface area contributed by atoms with Gasteiger partial charge in [-0.2, -0.15) is 0 Å². The smallest absolute Gasteiger partial charge is 0.122 e. The summed E-state index contributed by atoms with van der Waals surface area (Å²) in [5, 5.41) is 0. The lowest BCUT2D eigenvalue weighted by Gasteiger charge is -2.32. The molecule has 0 saturated carbocycles. The number of methoxy groups -OCH3 is 1. The van der Waals surface area contributed by atoms with E-state index in [4.69, 9.17) is 9.47 Å². The Morgan fingerprint density at radius 1 is 1.00 bits per heavy atom. The first-order valence-corrected chi connectivity index (χ1v) is 10.8. The third-order valence-electron chi connectivity index (χ3n) is 5.90. The summed E-state index contributed by atoms with van der Waals surface area (Å²) in [7, 11) is 3.97. The van der Waals surface area contributed by atoms with Gasteiger partial charge in [-0.05, 0) is 87.9 Å². The Kier molecular flexibility index (Phi) is 8.23. The SMILES string of the molecule is COc1cccc(CCCCc2ccccc2OCCC2CCCCN2C)c1. The second-order valence-corrected chi connectivity index (χ2v) is 7.93. The van der Waals surface area contributed by atoms with Crippen LogP contribution in [0.4, 0.5) is 0 Å². The maximum absolute atomic E-state index is 6.19. The highest BCUT2D eigenvalue weighted by atomic mass is 16.5. The van der Waals surface area contributed by atoms with Gasteiger partial charge >= 0.3 is 0 Å². The van der Waals surface area contributed by atoms with E-state index in [0.717, 1.165) is 37.4 Å². The van der Waals surface area contributed by atoms with E-state index in [9.17, 15) is 0 Å². The van der Waals surface area contributed by atoms with Crippen LogP contribution < -0.4 is 9.47 Å². The van der Waals surface area contributed by atoms with E-state index < -0.39 is 0 Å². The molecule has 1 aliphatic heterocycles. The van der Waals surface area contributed by atoms with Crippen LogP contribution in [0, 0.1) is 0 Å². The molecule has 0 amide bonds. The minimum Gasteiger partial charge on any atom is -0.497 e. The Morgan fingerprint density at radius 2 is 1.86 bits per heavy atom.